The maximum absolute atomic E-state index is 13.2. The van der Waals surface area contributed by atoms with Crippen LogP contribution in [0.4, 0.5) is 0 Å². The second-order valence-corrected chi connectivity index (χ2v) is 8.41. The lowest BCUT2D eigenvalue weighted by Gasteiger charge is -2.31. The first-order valence-electron chi connectivity index (χ1n) is 10.7. The van der Waals surface area contributed by atoms with Crippen molar-refractivity contribution in [2.24, 2.45) is 14.1 Å². The van der Waals surface area contributed by atoms with Gasteiger partial charge in [0.25, 0.3) is 11.5 Å². The van der Waals surface area contributed by atoms with Gasteiger partial charge in [-0.2, -0.15) is 0 Å². The fourth-order valence-electron chi connectivity index (χ4n) is 4.49. The Labute approximate surface area is 183 Å². The third kappa shape index (κ3) is 3.12. The second kappa shape index (κ2) is 7.44. The van der Waals surface area contributed by atoms with Crippen molar-refractivity contribution in [3.05, 3.63) is 68.3 Å². The van der Waals surface area contributed by atoms with Crippen LogP contribution >= 0.6 is 0 Å². The van der Waals surface area contributed by atoms with Gasteiger partial charge < -0.3 is 9.88 Å². The van der Waals surface area contributed by atoms with Crippen LogP contribution in [0.15, 0.2) is 39.9 Å². The summed E-state index contributed by atoms with van der Waals surface area (Å²) >= 11 is 0. The molecule has 1 amide bonds. The van der Waals surface area contributed by atoms with Crippen molar-refractivity contribution < 1.29 is 4.79 Å². The molecule has 0 saturated carbocycles. The van der Waals surface area contributed by atoms with Gasteiger partial charge in [0.1, 0.15) is 11.3 Å². The van der Waals surface area contributed by atoms with Crippen LogP contribution in [0.5, 0.6) is 0 Å². The number of nitrogens with zero attached hydrogens (tertiary/aromatic N) is 5. The summed E-state index contributed by atoms with van der Waals surface area (Å²) in [6, 6.07) is 9.70. The van der Waals surface area contributed by atoms with E-state index in [9.17, 15) is 14.4 Å². The van der Waals surface area contributed by atoms with E-state index < -0.39 is 5.69 Å². The summed E-state index contributed by atoms with van der Waals surface area (Å²) < 4.78 is 2.45. The first-order valence-corrected chi connectivity index (χ1v) is 10.7. The number of nitrogens with one attached hydrogen (secondary N) is 1. The molecule has 4 heterocycles. The zero-order chi connectivity index (χ0) is 22.6. The Balaban J connectivity index is 1.38. The van der Waals surface area contributed by atoms with Crippen molar-refractivity contribution in [2.45, 2.75) is 25.7 Å². The van der Waals surface area contributed by atoms with E-state index >= 15 is 0 Å². The number of amides is 1. The Morgan fingerprint density at radius 2 is 1.78 bits per heavy atom. The van der Waals surface area contributed by atoms with E-state index in [0.717, 1.165) is 34.0 Å². The van der Waals surface area contributed by atoms with Crippen molar-refractivity contribution >= 4 is 28.0 Å². The lowest BCUT2D eigenvalue weighted by atomic mass is 9.95. The molecule has 1 aromatic carbocycles. The number of carbonyl (C=O) groups excluding carboxylic acids is 1. The highest BCUT2D eigenvalue weighted by atomic mass is 16.2. The largest absolute Gasteiger partial charge is 0.339 e. The molecule has 9 nitrogen and oxygen atoms in total. The number of para-hydroxylation sites is 1. The normalized spacial score (nSPS) is 15.0. The van der Waals surface area contributed by atoms with Crippen LogP contribution in [-0.4, -0.2) is 48.0 Å². The number of rotatable bonds is 2. The number of aryl methyl sites for hydroxylation is 2. The molecule has 1 saturated heterocycles. The molecule has 3 aromatic heterocycles. The van der Waals surface area contributed by atoms with Gasteiger partial charge in [0.15, 0.2) is 5.65 Å². The SMILES string of the molecule is Cc1nc2ccccc2cc1C(=O)N1CCC(c2nc3c([nH]2)c(=O)n(C)c(=O)n3C)CC1. The van der Waals surface area contributed by atoms with Crippen LogP contribution in [0.3, 0.4) is 0 Å². The number of likely N-dealkylation sites (tertiary alicyclic amines) is 1. The maximum atomic E-state index is 13.2. The van der Waals surface area contributed by atoms with Gasteiger partial charge in [0.2, 0.25) is 0 Å². The molecule has 0 unspecified atom stereocenters. The van der Waals surface area contributed by atoms with Crippen molar-refractivity contribution in [3.63, 3.8) is 0 Å². The molecule has 32 heavy (non-hydrogen) atoms. The zero-order valence-electron chi connectivity index (χ0n) is 18.3. The highest BCUT2D eigenvalue weighted by molar-refractivity contribution is 5.98. The summed E-state index contributed by atoms with van der Waals surface area (Å²) in [5.41, 5.74) is 2.15. The van der Waals surface area contributed by atoms with Gasteiger partial charge >= 0.3 is 5.69 Å². The number of pyridine rings is 1. The van der Waals surface area contributed by atoms with Crippen LogP contribution in [0.1, 0.15) is 40.6 Å². The van der Waals surface area contributed by atoms with Gasteiger partial charge in [-0.05, 0) is 31.9 Å². The van der Waals surface area contributed by atoms with E-state index in [-0.39, 0.29) is 17.4 Å². The standard InChI is InChI=1S/C23H24N6O3/c1-13-16(12-15-6-4-5-7-17(15)24-13)21(30)29-10-8-14(9-11-29)19-25-18-20(26-19)27(2)23(32)28(3)22(18)31/h4-7,12,14H,8-11H2,1-3H3,(H,25,26). The summed E-state index contributed by atoms with van der Waals surface area (Å²) in [5.74, 6) is 0.760. The topological polar surface area (TPSA) is 106 Å². The molecule has 4 aromatic rings. The molecular formula is C23H24N6O3. The van der Waals surface area contributed by atoms with E-state index in [4.69, 9.17) is 0 Å². The third-order valence-electron chi connectivity index (χ3n) is 6.43. The number of imidazole rings is 1. The summed E-state index contributed by atoms with van der Waals surface area (Å²) in [5, 5.41) is 0.950. The zero-order valence-corrected chi connectivity index (χ0v) is 18.3. The van der Waals surface area contributed by atoms with Crippen LogP contribution in [0.25, 0.3) is 22.1 Å². The number of hydrogen-bond acceptors (Lipinski definition) is 5. The Bertz CT molecular complexity index is 1490. The Morgan fingerprint density at radius 1 is 1.06 bits per heavy atom. The minimum atomic E-state index is -0.402. The van der Waals surface area contributed by atoms with Crippen LogP contribution in [0, 0.1) is 6.92 Å². The first-order chi connectivity index (χ1) is 15.3. The van der Waals surface area contributed by atoms with Crippen molar-refractivity contribution in [1.82, 2.24) is 29.0 Å². The van der Waals surface area contributed by atoms with Gasteiger partial charge in [0.05, 0.1) is 16.8 Å². The van der Waals surface area contributed by atoms with Crippen molar-refractivity contribution in [1.29, 1.82) is 0 Å². The Kier molecular flexibility index (Phi) is 4.69. The van der Waals surface area contributed by atoms with Gasteiger partial charge in [-0.25, -0.2) is 9.78 Å². The Morgan fingerprint density at radius 3 is 2.53 bits per heavy atom. The summed E-state index contributed by atoms with van der Waals surface area (Å²) in [6.45, 7) is 3.04. The molecule has 1 fully saturated rings. The van der Waals surface area contributed by atoms with E-state index in [2.05, 4.69) is 15.0 Å². The molecule has 164 valence electrons. The number of aromatic nitrogens is 5. The maximum Gasteiger partial charge on any atom is 0.332 e. The average Bonchev–Trinajstić information content (AvgIpc) is 3.26. The molecule has 9 heteroatoms. The van der Waals surface area contributed by atoms with Crippen molar-refractivity contribution in [2.75, 3.05) is 13.1 Å². The van der Waals surface area contributed by atoms with Crippen LogP contribution in [0.2, 0.25) is 0 Å². The van der Waals surface area contributed by atoms with Gasteiger partial charge in [-0.3, -0.25) is 23.7 Å². The van der Waals surface area contributed by atoms with Crippen LogP contribution in [-0.2, 0) is 14.1 Å². The van der Waals surface area contributed by atoms with Crippen molar-refractivity contribution in [3.8, 4) is 0 Å². The molecule has 1 aliphatic rings. The molecule has 0 bridgehead atoms. The molecule has 5 rings (SSSR count). The number of aromatic amines is 1. The summed E-state index contributed by atoms with van der Waals surface area (Å²) in [6.07, 6.45) is 1.44. The first kappa shape index (κ1) is 20.2. The van der Waals surface area contributed by atoms with Crippen LogP contribution < -0.4 is 11.2 Å². The highest BCUT2D eigenvalue weighted by Gasteiger charge is 2.28. The minimum Gasteiger partial charge on any atom is -0.339 e. The van der Waals surface area contributed by atoms with E-state index in [1.165, 1.54) is 11.6 Å². The monoisotopic (exact) mass is 432 g/mol. The molecule has 0 radical (unpaired) electrons. The number of hydrogen-bond donors (Lipinski definition) is 1. The van der Waals surface area contributed by atoms with Gasteiger partial charge in [0, 0.05) is 38.5 Å². The summed E-state index contributed by atoms with van der Waals surface area (Å²) in [7, 11) is 3.06. The molecule has 1 aliphatic heterocycles. The molecule has 0 aliphatic carbocycles. The predicted molar refractivity (Wildman–Crippen MR) is 121 cm³/mol. The smallest absolute Gasteiger partial charge is 0.332 e. The van der Waals surface area contributed by atoms with E-state index in [1.807, 2.05) is 42.2 Å². The molecular weight excluding hydrogens is 408 g/mol. The fourth-order valence-corrected chi connectivity index (χ4v) is 4.49. The van der Waals surface area contributed by atoms with Gasteiger partial charge in [-0.15, -0.1) is 0 Å². The van der Waals surface area contributed by atoms with Gasteiger partial charge in [-0.1, -0.05) is 18.2 Å². The predicted octanol–water partition coefficient (Wildman–Crippen LogP) is 1.84. The molecule has 0 atom stereocenters. The number of carbonyl (C=O) groups is 1. The minimum absolute atomic E-state index is 0.0138. The average molecular weight is 432 g/mol. The van der Waals surface area contributed by atoms with E-state index in [0.29, 0.717) is 35.6 Å². The Hall–Kier alpha value is -3.75. The second-order valence-electron chi connectivity index (χ2n) is 8.41. The summed E-state index contributed by atoms with van der Waals surface area (Å²) in [4.78, 5) is 51.9. The number of benzene rings is 1. The molecule has 0 spiro atoms. The van der Waals surface area contributed by atoms with E-state index in [1.54, 1.807) is 7.05 Å². The number of H-pyrrole nitrogens is 1. The molecule has 1 N–H and O–H groups in total. The number of fused-ring (bicyclic) bond motifs is 2. The lowest BCUT2D eigenvalue weighted by Crippen LogP contribution is -2.38. The quantitative estimate of drug-likeness (QED) is 0.520. The lowest BCUT2D eigenvalue weighted by molar-refractivity contribution is 0.0710. The third-order valence-corrected chi connectivity index (χ3v) is 6.43. The highest BCUT2D eigenvalue weighted by Crippen LogP contribution is 2.28. The number of piperidine rings is 1. The fraction of sp³-hybridized carbons (Fsp3) is 0.348.